The minimum Gasteiger partial charge on any atom is -0.377 e. The molecule has 0 amide bonds. The number of nitrogens with two attached hydrogens (primary N) is 1. The lowest BCUT2D eigenvalue weighted by molar-refractivity contribution is 0.0260. The van der Waals surface area contributed by atoms with E-state index in [1.807, 2.05) is 0 Å². The lowest BCUT2D eigenvalue weighted by Gasteiger charge is -2.30. The summed E-state index contributed by atoms with van der Waals surface area (Å²) in [5.74, 6) is 0. The second-order valence-electron chi connectivity index (χ2n) is 2.97. The number of hydrogen-bond donors (Lipinski definition) is 2. The van der Waals surface area contributed by atoms with Crippen LogP contribution in [0.2, 0.25) is 5.54 Å². The number of thiol groups is 1. The van der Waals surface area contributed by atoms with Crippen LogP contribution < -0.4 is 5.73 Å². The van der Waals surface area contributed by atoms with Gasteiger partial charge in [0.05, 0.1) is 6.10 Å². The van der Waals surface area contributed by atoms with Crippen LogP contribution in [0.1, 0.15) is 6.42 Å². The van der Waals surface area contributed by atoms with Crippen LogP contribution in [0.25, 0.3) is 0 Å². The van der Waals surface area contributed by atoms with Gasteiger partial charge < -0.3 is 10.5 Å². The van der Waals surface area contributed by atoms with Crippen LogP contribution in [-0.2, 0) is 4.74 Å². The van der Waals surface area contributed by atoms with Crippen molar-refractivity contribution < 1.29 is 4.74 Å². The molecule has 1 aliphatic rings. The number of ether oxygens (including phenoxy) is 1. The van der Waals surface area contributed by atoms with Crippen LogP contribution in [-0.4, -0.2) is 34.7 Å². The number of hydrogen-bond acceptors (Lipinski definition) is 3. The third-order valence-electron chi connectivity index (χ3n) is 2.02. The molecule has 1 fully saturated rings. The van der Waals surface area contributed by atoms with Crippen molar-refractivity contribution in [3.05, 3.63) is 0 Å². The van der Waals surface area contributed by atoms with E-state index >= 15 is 0 Å². The van der Waals surface area contributed by atoms with Gasteiger partial charge in [-0.05, 0) is 12.0 Å². The summed E-state index contributed by atoms with van der Waals surface area (Å²) in [6.45, 7) is 1.52. The molecule has 0 aromatic carbocycles. The Morgan fingerprint density at radius 3 is 2.90 bits per heavy atom. The third-order valence-corrected chi connectivity index (χ3v) is 4.44. The fourth-order valence-electron chi connectivity index (χ4n) is 1.13. The molecule has 0 bridgehead atoms. The van der Waals surface area contributed by atoms with Crippen LogP contribution in [0.3, 0.4) is 0 Å². The van der Waals surface area contributed by atoms with Gasteiger partial charge in [0.15, 0.2) is 0 Å². The summed E-state index contributed by atoms with van der Waals surface area (Å²) in [7, 11) is 1.19. The van der Waals surface area contributed by atoms with E-state index in [0.29, 0.717) is 17.3 Å². The molecule has 60 valence electrons. The standard InChI is InChI=1S/C6H15NOSSi/c7-2-4-1-5(9)6(10)3-8-4/h4-6,9H,1-3,7H2,10H3/t4-,5+,6-/m1/s1. The van der Waals surface area contributed by atoms with Gasteiger partial charge in [-0.1, -0.05) is 0 Å². The maximum absolute atomic E-state index is 5.47. The summed E-state index contributed by atoms with van der Waals surface area (Å²) in [6, 6.07) is 0. The molecule has 4 heteroatoms. The molecule has 1 rings (SSSR count). The van der Waals surface area contributed by atoms with Crippen LogP contribution in [0.5, 0.6) is 0 Å². The van der Waals surface area contributed by atoms with Gasteiger partial charge in [-0.25, -0.2) is 0 Å². The maximum atomic E-state index is 5.47. The van der Waals surface area contributed by atoms with Crippen LogP contribution in [0.15, 0.2) is 0 Å². The summed E-state index contributed by atoms with van der Waals surface area (Å²) in [4.78, 5) is 0. The summed E-state index contributed by atoms with van der Waals surface area (Å²) in [6.07, 6.45) is 1.31. The number of rotatable bonds is 1. The fourth-order valence-corrected chi connectivity index (χ4v) is 1.92. The molecule has 0 aromatic heterocycles. The Bertz CT molecular complexity index is 114. The lowest BCUT2D eigenvalue weighted by Crippen LogP contribution is -2.35. The summed E-state index contributed by atoms with van der Waals surface area (Å²) in [5.41, 5.74) is 6.18. The van der Waals surface area contributed by atoms with Crippen LogP contribution in [0.4, 0.5) is 0 Å². The lowest BCUT2D eigenvalue weighted by atomic mass is 10.1. The van der Waals surface area contributed by atoms with Gasteiger partial charge in [-0.2, -0.15) is 12.6 Å². The highest BCUT2D eigenvalue weighted by Gasteiger charge is 2.24. The largest absolute Gasteiger partial charge is 0.377 e. The maximum Gasteiger partial charge on any atom is 0.0707 e. The van der Waals surface area contributed by atoms with Crippen molar-refractivity contribution in [2.45, 2.75) is 23.3 Å². The Labute approximate surface area is 70.3 Å². The van der Waals surface area contributed by atoms with E-state index < -0.39 is 0 Å². The normalized spacial score (nSPS) is 42.0. The van der Waals surface area contributed by atoms with E-state index in [-0.39, 0.29) is 6.10 Å². The monoisotopic (exact) mass is 177 g/mol. The van der Waals surface area contributed by atoms with Crippen molar-refractivity contribution >= 4 is 22.9 Å². The molecule has 0 aromatic rings. The van der Waals surface area contributed by atoms with Gasteiger partial charge in [0.25, 0.3) is 0 Å². The molecule has 0 unspecified atom stereocenters. The summed E-state index contributed by atoms with van der Waals surface area (Å²) in [5, 5.41) is 0.536. The average Bonchev–Trinajstić information content (AvgIpc) is 1.95. The third kappa shape index (κ3) is 1.98. The van der Waals surface area contributed by atoms with Gasteiger partial charge in [0, 0.05) is 28.6 Å². The molecular weight excluding hydrogens is 162 g/mol. The van der Waals surface area contributed by atoms with E-state index in [4.69, 9.17) is 10.5 Å². The van der Waals surface area contributed by atoms with Crippen molar-refractivity contribution in [1.29, 1.82) is 0 Å². The Balaban J connectivity index is 2.33. The first-order valence-corrected chi connectivity index (χ1v) is 5.41. The van der Waals surface area contributed by atoms with Crippen molar-refractivity contribution in [3.63, 3.8) is 0 Å². The second kappa shape index (κ2) is 3.76. The quantitative estimate of drug-likeness (QED) is 0.406. The predicted octanol–water partition coefficient (Wildman–Crippen LogP) is -0.814. The van der Waals surface area contributed by atoms with E-state index in [1.54, 1.807) is 0 Å². The average molecular weight is 177 g/mol. The Kier molecular flexibility index (Phi) is 3.22. The Hall–Kier alpha value is 0.487. The van der Waals surface area contributed by atoms with Crippen LogP contribution in [0, 0.1) is 0 Å². The summed E-state index contributed by atoms with van der Waals surface area (Å²) < 4.78 is 5.47. The summed E-state index contributed by atoms with van der Waals surface area (Å²) >= 11 is 4.47. The van der Waals surface area contributed by atoms with Crippen LogP contribution >= 0.6 is 12.6 Å². The van der Waals surface area contributed by atoms with Crippen molar-refractivity contribution in [2.75, 3.05) is 13.2 Å². The highest BCUT2D eigenvalue weighted by Crippen LogP contribution is 2.25. The highest BCUT2D eigenvalue weighted by atomic mass is 32.1. The second-order valence-corrected chi connectivity index (χ2v) is 5.12. The van der Waals surface area contributed by atoms with Gasteiger partial charge in [-0.3, -0.25) is 0 Å². The fraction of sp³-hybridized carbons (Fsp3) is 1.00. The first-order chi connectivity index (χ1) is 4.74. The highest BCUT2D eigenvalue weighted by molar-refractivity contribution is 7.81. The molecule has 0 radical (unpaired) electrons. The molecule has 0 saturated carbocycles. The predicted molar refractivity (Wildman–Crippen MR) is 49.9 cm³/mol. The molecule has 1 saturated heterocycles. The minimum atomic E-state index is 0.271. The van der Waals surface area contributed by atoms with E-state index in [9.17, 15) is 0 Å². The Morgan fingerprint density at radius 1 is 1.70 bits per heavy atom. The van der Waals surface area contributed by atoms with Gasteiger partial charge in [0.1, 0.15) is 0 Å². The van der Waals surface area contributed by atoms with E-state index in [0.717, 1.165) is 13.0 Å². The molecule has 3 atom stereocenters. The molecule has 0 spiro atoms. The molecule has 1 aliphatic heterocycles. The van der Waals surface area contributed by atoms with Gasteiger partial charge in [0.2, 0.25) is 0 Å². The zero-order valence-corrected chi connectivity index (χ0v) is 9.18. The smallest absolute Gasteiger partial charge is 0.0707 e. The first-order valence-electron chi connectivity index (χ1n) is 3.73. The first kappa shape index (κ1) is 8.58. The molecule has 10 heavy (non-hydrogen) atoms. The van der Waals surface area contributed by atoms with E-state index in [1.165, 1.54) is 10.2 Å². The zero-order chi connectivity index (χ0) is 7.56. The van der Waals surface area contributed by atoms with Crippen molar-refractivity contribution in [1.82, 2.24) is 0 Å². The Morgan fingerprint density at radius 2 is 2.40 bits per heavy atom. The topological polar surface area (TPSA) is 35.2 Å². The molecule has 2 N–H and O–H groups in total. The minimum absolute atomic E-state index is 0.271. The molecule has 1 heterocycles. The molecular formula is C6H15NOSSi. The SMILES string of the molecule is NC[C@H]1C[C@H](S)[C@H]([SiH3])CO1. The molecule has 0 aliphatic carbocycles. The van der Waals surface area contributed by atoms with E-state index in [2.05, 4.69) is 12.6 Å². The van der Waals surface area contributed by atoms with Crippen molar-refractivity contribution in [2.24, 2.45) is 5.73 Å². The zero-order valence-electron chi connectivity index (χ0n) is 6.29. The molecule has 2 nitrogen and oxygen atoms in total. The van der Waals surface area contributed by atoms with Gasteiger partial charge >= 0.3 is 0 Å². The van der Waals surface area contributed by atoms with Crippen molar-refractivity contribution in [3.8, 4) is 0 Å². The van der Waals surface area contributed by atoms with Gasteiger partial charge in [-0.15, -0.1) is 0 Å².